The smallest absolute Gasteiger partial charge is 0.293 e. The molecule has 696 valence electrons. The predicted molar refractivity (Wildman–Crippen MR) is 495 cm³/mol. The third-order valence-corrected chi connectivity index (χ3v) is 25.2. The number of fused-ring (bicyclic) bond motifs is 1. The zero-order chi connectivity index (χ0) is 94.8. The number of benzene rings is 6. The molecule has 0 unspecified atom stereocenters. The van der Waals surface area contributed by atoms with Crippen LogP contribution in [0.5, 0.6) is 5.75 Å². The third-order valence-electron chi connectivity index (χ3n) is 23.1. The molecular formula is C97H123N13O18S2. The van der Waals surface area contributed by atoms with Crippen molar-refractivity contribution in [2.24, 2.45) is 35.1 Å². The van der Waals surface area contributed by atoms with Crippen molar-refractivity contribution in [3.05, 3.63) is 208 Å². The highest BCUT2D eigenvalue weighted by molar-refractivity contribution is 8.00. The van der Waals surface area contributed by atoms with Crippen LogP contribution in [-0.2, 0) is 127 Å². The molecule has 0 aliphatic carbocycles. The maximum absolute atomic E-state index is 15.6. The van der Waals surface area contributed by atoms with Crippen molar-refractivity contribution in [2.75, 3.05) is 66.4 Å². The molecule has 1 fully saturated rings. The van der Waals surface area contributed by atoms with E-state index in [-0.39, 0.29) is 81.8 Å². The van der Waals surface area contributed by atoms with E-state index in [2.05, 4.69) is 31.9 Å². The van der Waals surface area contributed by atoms with Gasteiger partial charge in [-0.15, -0.1) is 23.1 Å². The molecule has 2 heterocycles. The SMILES string of the molecule is CCCC[C@H]1C(=O)N(C)CC(=O)C[C@@H](COC=O)C(=O)C[C@@H](C(C)C)C(=O)N(C)[C@@H](Cc2ccccc2)C(=O)N[C@@H](Cc2ccc(CN)cc2)C(=O)N(C)CC(=O)N[C@@H](Cc2csc3ccccc23)C(=O)N[C@@H](Cc2ccc(O)cc2)C(=O)N[C@@H](CC(C)C)C(=O)N[C@H](C(=O)CCC(N)=O)CSCC(=O)N[C@@H](Cc2ccccc2)C(=O)N(C)[C@@H](Cc2ccccc2)C(=O)N1C. The van der Waals surface area contributed by atoms with Crippen molar-refractivity contribution < 1.29 is 86.6 Å². The van der Waals surface area contributed by atoms with Crippen LogP contribution < -0.4 is 43.4 Å². The highest BCUT2D eigenvalue weighted by atomic mass is 32.2. The Bertz CT molecular complexity index is 5040. The van der Waals surface area contributed by atoms with E-state index in [9.17, 15) is 38.7 Å². The van der Waals surface area contributed by atoms with E-state index < -0.39 is 211 Å². The van der Waals surface area contributed by atoms with Gasteiger partial charge in [0, 0.05) is 122 Å². The normalized spacial score (nSPS) is 22.0. The fourth-order valence-electron chi connectivity index (χ4n) is 15.6. The number of ketones is 3. The number of thiophene rings is 1. The van der Waals surface area contributed by atoms with Crippen LogP contribution in [-0.4, -0.2) is 245 Å². The summed E-state index contributed by atoms with van der Waals surface area (Å²) in [4.78, 5) is 241. The molecule has 12 amide bonds. The second-order valence-corrected chi connectivity index (χ2v) is 35.9. The zero-order valence-corrected chi connectivity index (χ0v) is 77.1. The molecule has 0 spiro atoms. The molecule has 6 aromatic carbocycles. The standard InChI is InChI=1S/C97H123N13O18S2/c1-11-12-31-80-96(126)106(6)53-71(113)49-68(55-128-59-111)84(115)51-73(61(4)5)93(123)109(9)81(47-63-26-18-14-19-27-63)92(122)104-77(46-65-33-35-67(52-98)36-34-65)94(124)107(7)54-87(117)100-76(50-69-56-130-85-32-23-22-30-72(69)85)91(121)103-75(44-66-37-39-70(112)40-38-66)90(120)102-74(43-60(2)3)89(119)105-79(83(114)41-42-86(99)116)57-129-58-88(118)101-78(45-62-24-16-13-17-25-62)95(125)110(10)82(97(127)108(80)8)48-64-28-20-15-21-29-64/h13-30,32-40,56,59-61,68,73-82,112H,11-12,31,41-55,57-58,98H2,1-10H3,(H2,99,116)(H,100,117)(H,101,118)(H,102,120)(H,103,121)(H,104,122)(H,105,119)/t68-,73-,74-,75-,76-,77-,78-,79-,80-,81-,82-/m0/s1. The van der Waals surface area contributed by atoms with E-state index in [0.29, 0.717) is 46.2 Å². The molecule has 7 aromatic rings. The maximum atomic E-state index is 15.6. The van der Waals surface area contributed by atoms with E-state index in [1.54, 1.807) is 149 Å². The molecule has 0 radical (unpaired) electrons. The lowest BCUT2D eigenvalue weighted by Gasteiger charge is -2.37. The molecule has 1 aliphatic heterocycles. The van der Waals surface area contributed by atoms with Crippen LogP contribution in [0.25, 0.3) is 10.1 Å². The Morgan fingerprint density at radius 1 is 0.508 bits per heavy atom. The topological polar surface area (TPSA) is 443 Å². The van der Waals surface area contributed by atoms with E-state index >= 15 is 43.2 Å². The van der Waals surface area contributed by atoms with Crippen LogP contribution in [0.4, 0.5) is 0 Å². The van der Waals surface area contributed by atoms with Crippen LogP contribution in [0.3, 0.4) is 0 Å². The number of rotatable bonds is 26. The number of thioether (sulfide) groups is 1. The number of hydrogen-bond acceptors (Lipinski definition) is 21. The minimum Gasteiger partial charge on any atom is -0.508 e. The number of amides is 12. The molecule has 11 N–H and O–H groups in total. The number of primary amides is 1. The quantitative estimate of drug-likeness (QED) is 0.0284. The van der Waals surface area contributed by atoms with Crippen molar-refractivity contribution in [2.45, 2.75) is 185 Å². The van der Waals surface area contributed by atoms with Gasteiger partial charge >= 0.3 is 0 Å². The lowest BCUT2D eigenvalue weighted by atomic mass is 9.84. The first kappa shape index (κ1) is 103. The first-order valence-corrected chi connectivity index (χ1v) is 45.8. The lowest BCUT2D eigenvalue weighted by molar-refractivity contribution is -0.151. The van der Waals surface area contributed by atoms with E-state index in [0.717, 1.165) is 37.2 Å². The van der Waals surface area contributed by atoms with Gasteiger partial charge < -0.3 is 77.7 Å². The highest BCUT2D eigenvalue weighted by Gasteiger charge is 2.42. The second kappa shape index (κ2) is 51.0. The van der Waals surface area contributed by atoms with Crippen LogP contribution in [0.1, 0.15) is 125 Å². The van der Waals surface area contributed by atoms with Gasteiger partial charge in [0.1, 0.15) is 66.5 Å². The molecule has 0 bridgehead atoms. The number of hydrogen-bond donors (Lipinski definition) is 9. The molecule has 8 rings (SSSR count). The number of ether oxygens (including phenoxy) is 1. The van der Waals surface area contributed by atoms with E-state index in [1.807, 2.05) is 30.5 Å². The number of aromatic hydroxyl groups is 1. The Morgan fingerprint density at radius 2 is 1.00 bits per heavy atom. The minimum absolute atomic E-state index is 0.0531. The second-order valence-electron chi connectivity index (χ2n) is 34.0. The first-order valence-electron chi connectivity index (χ1n) is 43.8. The zero-order valence-electron chi connectivity index (χ0n) is 75.5. The highest BCUT2D eigenvalue weighted by Crippen LogP contribution is 2.30. The number of nitrogens with zero attached hydrogens (tertiary/aromatic N) is 5. The van der Waals surface area contributed by atoms with Crippen molar-refractivity contribution in [1.29, 1.82) is 0 Å². The molecule has 1 saturated heterocycles. The fourth-order valence-corrected chi connectivity index (χ4v) is 17.5. The Labute approximate surface area is 767 Å². The Balaban J connectivity index is 1.21. The van der Waals surface area contributed by atoms with Crippen molar-refractivity contribution >= 4 is 128 Å². The van der Waals surface area contributed by atoms with E-state index in [1.165, 1.54) is 85.5 Å². The number of phenols is 1. The first-order chi connectivity index (χ1) is 62.1. The summed E-state index contributed by atoms with van der Waals surface area (Å²) in [6.07, 6.45) is -1.90. The van der Waals surface area contributed by atoms with Gasteiger partial charge in [0.15, 0.2) is 11.6 Å². The van der Waals surface area contributed by atoms with Gasteiger partial charge in [0.25, 0.3) is 6.47 Å². The summed E-state index contributed by atoms with van der Waals surface area (Å²) >= 11 is 2.26. The average molecular weight is 1820 g/mol. The number of nitrogens with two attached hydrogens (primary N) is 2. The number of nitrogens with one attached hydrogen (secondary N) is 6. The van der Waals surface area contributed by atoms with Crippen LogP contribution >= 0.6 is 23.1 Å². The van der Waals surface area contributed by atoms with Crippen molar-refractivity contribution in [1.82, 2.24) is 56.4 Å². The number of carbonyl (C=O) groups excluding carboxylic acids is 16. The predicted octanol–water partition coefficient (Wildman–Crippen LogP) is 5.93. The number of likely N-dealkylation sites (N-methyl/N-ethyl adjacent to an activating group) is 5. The average Bonchev–Trinajstić information content (AvgIpc) is 1.39. The van der Waals surface area contributed by atoms with Crippen molar-refractivity contribution in [3.63, 3.8) is 0 Å². The van der Waals surface area contributed by atoms with Crippen LogP contribution in [0, 0.1) is 23.7 Å². The Hall–Kier alpha value is -12.5. The summed E-state index contributed by atoms with van der Waals surface area (Å²) in [6, 6.07) is 33.5. The number of carbonyl (C=O) groups is 16. The lowest BCUT2D eigenvalue weighted by Crippen LogP contribution is -2.59. The van der Waals surface area contributed by atoms with Gasteiger partial charge in [-0.3, -0.25) is 76.7 Å². The summed E-state index contributed by atoms with van der Waals surface area (Å²) in [5.41, 5.74) is 15.7. The van der Waals surface area contributed by atoms with E-state index in [4.69, 9.17) is 16.2 Å². The Kier molecular flexibility index (Phi) is 40.4. The fraction of sp³-hybridized carbons (Fsp3) is 0.443. The number of phenolic OH excluding ortho intramolecular Hbond substituents is 1. The van der Waals surface area contributed by atoms with Gasteiger partial charge in [-0.2, -0.15) is 0 Å². The summed E-state index contributed by atoms with van der Waals surface area (Å²) in [7, 11) is 6.89. The van der Waals surface area contributed by atoms with Crippen LogP contribution in [0.2, 0.25) is 0 Å². The maximum Gasteiger partial charge on any atom is 0.293 e. The molecule has 31 nitrogen and oxygen atoms in total. The van der Waals surface area contributed by atoms with Gasteiger partial charge in [0.05, 0.1) is 30.8 Å². The summed E-state index contributed by atoms with van der Waals surface area (Å²) in [5, 5.41) is 29.9. The molecule has 1 aliphatic rings. The summed E-state index contributed by atoms with van der Waals surface area (Å²) in [5.74, 6) is -15.8. The molecule has 11 atom stereocenters. The molecule has 0 saturated carbocycles. The molecule has 33 heteroatoms. The molecule has 130 heavy (non-hydrogen) atoms. The largest absolute Gasteiger partial charge is 0.508 e. The van der Waals surface area contributed by atoms with Crippen molar-refractivity contribution in [3.8, 4) is 5.75 Å². The van der Waals surface area contributed by atoms with Gasteiger partial charge in [-0.05, 0) is 92.6 Å². The van der Waals surface area contributed by atoms with Gasteiger partial charge in [0.2, 0.25) is 70.9 Å². The Morgan fingerprint density at radius 3 is 1.58 bits per heavy atom. The number of unbranched alkanes of at least 4 members (excludes halogenated alkanes) is 1. The van der Waals surface area contributed by atoms with Gasteiger partial charge in [-0.1, -0.05) is 193 Å². The summed E-state index contributed by atoms with van der Waals surface area (Å²) in [6.45, 7) is 7.17. The molecule has 1 aromatic heterocycles. The third kappa shape index (κ3) is 31.1. The summed E-state index contributed by atoms with van der Waals surface area (Å²) < 4.78 is 6.01. The monoisotopic (exact) mass is 1820 g/mol. The van der Waals surface area contributed by atoms with Gasteiger partial charge in [-0.25, -0.2) is 0 Å². The minimum atomic E-state index is -1.56. The van der Waals surface area contributed by atoms with Crippen LogP contribution in [0.15, 0.2) is 169 Å². The number of Topliss-reactive ketones (excluding diaryl/α,β-unsaturated/α-hetero) is 3. The molecular weight excluding hydrogens is 1700 g/mol.